The van der Waals surface area contributed by atoms with Crippen molar-refractivity contribution in [1.29, 1.82) is 0 Å². The van der Waals surface area contributed by atoms with Gasteiger partial charge in [-0.3, -0.25) is 9.59 Å². The van der Waals surface area contributed by atoms with E-state index in [9.17, 15) is 19.8 Å². The maximum atomic E-state index is 13.1. The van der Waals surface area contributed by atoms with Crippen molar-refractivity contribution in [2.45, 2.75) is 65.4 Å². The minimum absolute atomic E-state index is 0.0743. The van der Waals surface area contributed by atoms with Crippen LogP contribution in [0, 0.1) is 33.5 Å². The van der Waals surface area contributed by atoms with Gasteiger partial charge in [-0.2, -0.15) is 0 Å². The molecule has 7 atom stereocenters. The lowest BCUT2D eigenvalue weighted by atomic mass is 9.39. The van der Waals surface area contributed by atoms with E-state index in [1.807, 2.05) is 6.08 Å². The highest BCUT2D eigenvalue weighted by atomic mass is 16.5. The summed E-state index contributed by atoms with van der Waals surface area (Å²) in [6, 6.07) is 0. The highest BCUT2D eigenvalue weighted by Crippen LogP contribution is 2.71. The first kappa shape index (κ1) is 19.1. The highest BCUT2D eigenvalue weighted by molar-refractivity contribution is 5.89. The lowest BCUT2D eigenvalue weighted by Crippen LogP contribution is -2.64. The van der Waals surface area contributed by atoms with E-state index in [0.717, 1.165) is 25.7 Å². The number of hydrogen-bond acceptors (Lipinski definition) is 5. The minimum Gasteiger partial charge on any atom is -0.462 e. The summed E-state index contributed by atoms with van der Waals surface area (Å²) in [5, 5.41) is 20.1. The van der Waals surface area contributed by atoms with Gasteiger partial charge in [-0.15, -0.1) is 0 Å². The van der Waals surface area contributed by atoms with Crippen molar-refractivity contribution in [3.05, 3.63) is 12.2 Å². The number of esters is 1. The normalized spacial score (nSPS) is 50.9. The molecule has 0 aromatic carbocycles. The molecular weight excluding hydrogens is 344 g/mol. The number of Topliss-reactive ketones (excluding diaryl/α,β-unsaturated/α-hetero) is 1. The van der Waals surface area contributed by atoms with Gasteiger partial charge in [0.2, 0.25) is 0 Å². The largest absolute Gasteiger partial charge is 0.462 e. The van der Waals surface area contributed by atoms with Crippen LogP contribution in [0.4, 0.5) is 0 Å². The number of aliphatic hydroxyl groups is 2. The molecule has 150 valence electrons. The lowest BCUT2D eigenvalue weighted by molar-refractivity contribution is -0.218. The second-order valence-electron chi connectivity index (χ2n) is 10.1. The first-order valence-corrected chi connectivity index (χ1v) is 10.3. The van der Waals surface area contributed by atoms with E-state index < -0.39 is 5.41 Å². The van der Waals surface area contributed by atoms with Crippen molar-refractivity contribution < 1.29 is 24.5 Å². The molecular formula is C22H32O5. The zero-order valence-electron chi connectivity index (χ0n) is 16.7. The molecule has 3 fully saturated rings. The van der Waals surface area contributed by atoms with Crippen LogP contribution in [0.5, 0.6) is 0 Å². The van der Waals surface area contributed by atoms with Crippen molar-refractivity contribution in [3.8, 4) is 0 Å². The van der Waals surface area contributed by atoms with Gasteiger partial charge in [-0.05, 0) is 54.8 Å². The average Bonchev–Trinajstić information content (AvgIpc) is 2.96. The number of carbonyl (C=O) groups excluding carboxylic acids is 2. The van der Waals surface area contributed by atoms with Gasteiger partial charge >= 0.3 is 5.97 Å². The van der Waals surface area contributed by atoms with E-state index >= 15 is 0 Å². The standard InChI is InChI=1S/C22H32O5/c1-14(25)27-18-5-6-19(2,12-23)15-4-7-21-8-9-22(11-21,13-24)17(26)10-16(21)20(15,18)3/h8-9,15-16,18,23-24H,4-7,10-13H2,1-3H3/t15-,16+,18+,19+,20-,21+,22-/m1/s1. The molecule has 0 aromatic heterocycles. The topological polar surface area (TPSA) is 83.8 Å². The second-order valence-corrected chi connectivity index (χ2v) is 10.1. The molecule has 4 aliphatic rings. The number of fused-ring (bicyclic) bond motifs is 3. The molecule has 4 aliphatic carbocycles. The second kappa shape index (κ2) is 5.90. The van der Waals surface area contributed by atoms with Crippen molar-refractivity contribution >= 4 is 11.8 Å². The number of rotatable bonds is 3. The third kappa shape index (κ3) is 2.37. The van der Waals surface area contributed by atoms with Gasteiger partial charge in [0.25, 0.3) is 0 Å². The Morgan fingerprint density at radius 2 is 1.89 bits per heavy atom. The molecule has 5 nitrogen and oxygen atoms in total. The quantitative estimate of drug-likeness (QED) is 0.584. The van der Waals surface area contributed by atoms with Crippen LogP contribution in [-0.4, -0.2) is 41.3 Å². The summed E-state index contributed by atoms with van der Waals surface area (Å²) in [7, 11) is 0. The van der Waals surface area contributed by atoms with Crippen molar-refractivity contribution in [2.75, 3.05) is 13.2 Å². The molecule has 4 rings (SSSR count). The van der Waals surface area contributed by atoms with Gasteiger partial charge in [0, 0.05) is 25.4 Å². The smallest absolute Gasteiger partial charge is 0.302 e. The number of allylic oxidation sites excluding steroid dienone is 1. The molecule has 2 bridgehead atoms. The Bertz CT molecular complexity index is 701. The molecule has 1 spiro atoms. The third-order valence-electron chi connectivity index (χ3n) is 8.88. The van der Waals surface area contributed by atoms with E-state index in [1.54, 1.807) is 0 Å². The maximum absolute atomic E-state index is 13.1. The lowest BCUT2D eigenvalue weighted by Gasteiger charge is -2.65. The fourth-order valence-corrected chi connectivity index (χ4v) is 7.47. The predicted molar refractivity (Wildman–Crippen MR) is 99.6 cm³/mol. The summed E-state index contributed by atoms with van der Waals surface area (Å²) in [6.45, 7) is 5.78. The Balaban J connectivity index is 1.81. The van der Waals surface area contributed by atoms with Gasteiger partial charge in [-0.25, -0.2) is 0 Å². The number of carbonyl (C=O) groups is 2. The molecule has 0 unspecified atom stereocenters. The van der Waals surface area contributed by atoms with E-state index in [-0.39, 0.29) is 59.2 Å². The zero-order chi connectivity index (χ0) is 19.7. The van der Waals surface area contributed by atoms with E-state index in [0.29, 0.717) is 12.8 Å². The summed E-state index contributed by atoms with van der Waals surface area (Å²) in [5.41, 5.74) is -1.41. The number of ether oxygens (including phenoxy) is 1. The highest BCUT2D eigenvalue weighted by Gasteiger charge is 2.69. The Labute approximate surface area is 161 Å². The Kier molecular flexibility index (Phi) is 4.18. The van der Waals surface area contributed by atoms with Crippen molar-refractivity contribution in [1.82, 2.24) is 0 Å². The van der Waals surface area contributed by atoms with Gasteiger partial charge in [-0.1, -0.05) is 26.0 Å². The van der Waals surface area contributed by atoms with Gasteiger partial charge < -0.3 is 14.9 Å². The first-order valence-electron chi connectivity index (χ1n) is 10.3. The molecule has 27 heavy (non-hydrogen) atoms. The fraction of sp³-hybridized carbons (Fsp3) is 0.818. The summed E-state index contributed by atoms with van der Waals surface area (Å²) in [6.07, 6.45) is 8.46. The van der Waals surface area contributed by atoms with Crippen LogP contribution in [0.1, 0.15) is 59.3 Å². The van der Waals surface area contributed by atoms with Crippen LogP contribution in [0.15, 0.2) is 12.2 Å². The van der Waals surface area contributed by atoms with Crippen LogP contribution in [-0.2, 0) is 14.3 Å². The molecule has 3 saturated carbocycles. The average molecular weight is 376 g/mol. The Hall–Kier alpha value is -1.20. The molecule has 0 aromatic rings. The molecule has 2 N–H and O–H groups in total. The molecule has 0 aliphatic heterocycles. The van der Waals surface area contributed by atoms with E-state index in [1.165, 1.54) is 6.92 Å². The predicted octanol–water partition coefficient (Wildman–Crippen LogP) is 2.64. The number of aliphatic hydroxyl groups excluding tert-OH is 2. The van der Waals surface area contributed by atoms with Crippen LogP contribution in [0.25, 0.3) is 0 Å². The molecule has 0 amide bonds. The van der Waals surface area contributed by atoms with Crippen molar-refractivity contribution in [3.63, 3.8) is 0 Å². The molecule has 5 heteroatoms. The Morgan fingerprint density at radius 1 is 1.15 bits per heavy atom. The summed E-state index contributed by atoms with van der Waals surface area (Å²) >= 11 is 0. The molecule has 0 saturated heterocycles. The number of ketones is 1. The summed E-state index contributed by atoms with van der Waals surface area (Å²) < 4.78 is 5.83. The molecule has 0 radical (unpaired) electrons. The van der Waals surface area contributed by atoms with E-state index in [2.05, 4.69) is 19.9 Å². The summed E-state index contributed by atoms with van der Waals surface area (Å²) in [5.74, 6) is 0.109. The third-order valence-corrected chi connectivity index (χ3v) is 8.88. The molecule has 0 heterocycles. The summed E-state index contributed by atoms with van der Waals surface area (Å²) in [4.78, 5) is 24.9. The van der Waals surface area contributed by atoms with Gasteiger partial charge in [0.05, 0.1) is 12.0 Å². The first-order chi connectivity index (χ1) is 12.7. The van der Waals surface area contributed by atoms with Gasteiger partial charge in [0.1, 0.15) is 11.9 Å². The Morgan fingerprint density at radius 3 is 2.52 bits per heavy atom. The monoisotopic (exact) mass is 376 g/mol. The SMILES string of the molecule is CC(=O)O[C@H]1CC[C@@](C)(CO)[C@H]2CC[C@]34C=C[C@](CO)(C3)C(=O)C[C@H]4[C@]12C. The van der Waals surface area contributed by atoms with Crippen LogP contribution < -0.4 is 0 Å². The van der Waals surface area contributed by atoms with Crippen LogP contribution >= 0.6 is 0 Å². The zero-order valence-corrected chi connectivity index (χ0v) is 16.7. The number of hydrogen-bond donors (Lipinski definition) is 2. The maximum Gasteiger partial charge on any atom is 0.302 e. The van der Waals surface area contributed by atoms with Gasteiger partial charge in [0.15, 0.2) is 0 Å². The van der Waals surface area contributed by atoms with E-state index in [4.69, 9.17) is 4.74 Å². The van der Waals surface area contributed by atoms with Crippen molar-refractivity contribution in [2.24, 2.45) is 33.5 Å². The van der Waals surface area contributed by atoms with Crippen LogP contribution in [0.2, 0.25) is 0 Å². The minimum atomic E-state index is -0.717. The van der Waals surface area contributed by atoms with Crippen LogP contribution in [0.3, 0.4) is 0 Å². The fourth-order valence-electron chi connectivity index (χ4n) is 7.47.